The first-order chi connectivity index (χ1) is 11.0. The Morgan fingerprint density at radius 2 is 1.91 bits per heavy atom. The zero-order valence-electron chi connectivity index (χ0n) is 13.4. The average molecular weight is 333 g/mol. The highest BCUT2D eigenvalue weighted by molar-refractivity contribution is 7.11. The molecule has 0 aliphatic carbocycles. The molecule has 0 N–H and O–H groups in total. The van der Waals surface area contributed by atoms with Gasteiger partial charge in [0.2, 0.25) is 0 Å². The third-order valence-electron chi connectivity index (χ3n) is 4.20. The highest BCUT2D eigenvalue weighted by atomic mass is 32.1. The van der Waals surface area contributed by atoms with Gasteiger partial charge in [0.05, 0.1) is 17.8 Å². The van der Waals surface area contributed by atoms with Gasteiger partial charge in [-0.05, 0) is 26.0 Å². The van der Waals surface area contributed by atoms with E-state index in [1.165, 1.54) is 10.9 Å². The van der Waals surface area contributed by atoms with Gasteiger partial charge in [-0.25, -0.2) is 9.37 Å². The Kier molecular flexibility index (Phi) is 4.73. The molecule has 122 valence electrons. The van der Waals surface area contributed by atoms with Crippen LogP contribution in [0.4, 0.5) is 4.39 Å². The van der Waals surface area contributed by atoms with Gasteiger partial charge in [0, 0.05) is 31.1 Å². The number of carbonyl (C=O) groups excluding carboxylic acids is 1. The van der Waals surface area contributed by atoms with Crippen molar-refractivity contribution in [2.75, 3.05) is 26.2 Å². The Hall–Kier alpha value is -1.79. The molecule has 23 heavy (non-hydrogen) atoms. The Bertz CT molecular complexity index is 688. The molecule has 1 aliphatic heterocycles. The van der Waals surface area contributed by atoms with E-state index in [0.717, 1.165) is 30.3 Å². The van der Waals surface area contributed by atoms with Crippen molar-refractivity contribution in [2.45, 2.75) is 20.4 Å². The number of hydrogen-bond donors (Lipinski definition) is 0. The molecule has 1 fully saturated rings. The molecule has 1 saturated heterocycles. The SMILES string of the molecule is Cc1nc(CN2CCN(C(=O)c3ccccc3F)CC2)sc1C. The van der Waals surface area contributed by atoms with Crippen molar-refractivity contribution in [1.82, 2.24) is 14.8 Å². The van der Waals surface area contributed by atoms with Crippen molar-refractivity contribution in [1.29, 1.82) is 0 Å². The summed E-state index contributed by atoms with van der Waals surface area (Å²) in [5.41, 5.74) is 1.26. The monoisotopic (exact) mass is 333 g/mol. The molecule has 0 unspecified atom stereocenters. The summed E-state index contributed by atoms with van der Waals surface area (Å²) in [4.78, 5) is 22.2. The number of benzene rings is 1. The zero-order chi connectivity index (χ0) is 16.4. The minimum Gasteiger partial charge on any atom is -0.336 e. The van der Waals surface area contributed by atoms with Crippen molar-refractivity contribution in [3.8, 4) is 0 Å². The quantitative estimate of drug-likeness (QED) is 0.867. The second-order valence-electron chi connectivity index (χ2n) is 5.80. The van der Waals surface area contributed by atoms with Gasteiger partial charge in [-0.15, -0.1) is 11.3 Å². The Labute approximate surface area is 139 Å². The van der Waals surface area contributed by atoms with Crippen molar-refractivity contribution in [3.05, 3.63) is 51.2 Å². The van der Waals surface area contributed by atoms with Crippen LogP contribution in [-0.4, -0.2) is 46.9 Å². The van der Waals surface area contributed by atoms with Gasteiger partial charge in [0.25, 0.3) is 5.91 Å². The van der Waals surface area contributed by atoms with Crippen LogP contribution in [0.2, 0.25) is 0 Å². The predicted molar refractivity (Wildman–Crippen MR) is 89.2 cm³/mol. The van der Waals surface area contributed by atoms with Crippen LogP contribution in [0, 0.1) is 19.7 Å². The van der Waals surface area contributed by atoms with E-state index in [1.807, 2.05) is 6.92 Å². The summed E-state index contributed by atoms with van der Waals surface area (Å²) in [5.74, 6) is -0.669. The van der Waals surface area contributed by atoms with E-state index < -0.39 is 5.82 Å². The maximum Gasteiger partial charge on any atom is 0.256 e. The van der Waals surface area contributed by atoms with Crippen LogP contribution in [0.3, 0.4) is 0 Å². The van der Waals surface area contributed by atoms with Gasteiger partial charge in [-0.3, -0.25) is 9.69 Å². The van der Waals surface area contributed by atoms with E-state index in [4.69, 9.17) is 0 Å². The lowest BCUT2D eigenvalue weighted by Gasteiger charge is -2.34. The molecule has 1 amide bonds. The van der Waals surface area contributed by atoms with Crippen molar-refractivity contribution in [2.24, 2.45) is 0 Å². The summed E-state index contributed by atoms with van der Waals surface area (Å²) in [6.45, 7) is 7.76. The van der Waals surface area contributed by atoms with Gasteiger partial charge >= 0.3 is 0 Å². The number of amides is 1. The van der Waals surface area contributed by atoms with Crippen LogP contribution in [0.25, 0.3) is 0 Å². The molecule has 0 saturated carbocycles. The number of carbonyl (C=O) groups is 1. The van der Waals surface area contributed by atoms with Crippen LogP contribution in [-0.2, 0) is 6.54 Å². The van der Waals surface area contributed by atoms with Gasteiger partial charge < -0.3 is 4.90 Å². The fourth-order valence-corrected chi connectivity index (χ4v) is 3.69. The third kappa shape index (κ3) is 3.59. The minimum absolute atomic E-state index is 0.159. The lowest BCUT2D eigenvalue weighted by atomic mass is 10.1. The number of hydrogen-bond acceptors (Lipinski definition) is 4. The number of nitrogens with zero attached hydrogens (tertiary/aromatic N) is 3. The predicted octanol–water partition coefficient (Wildman–Crippen LogP) is 2.86. The maximum atomic E-state index is 13.7. The Balaban J connectivity index is 1.58. The standard InChI is InChI=1S/C17H20FN3OS/c1-12-13(2)23-16(19-12)11-20-7-9-21(10-8-20)17(22)14-5-3-4-6-15(14)18/h3-6H,7-11H2,1-2H3. The van der Waals surface area contributed by atoms with Gasteiger partial charge in [0.15, 0.2) is 0 Å². The highest BCUT2D eigenvalue weighted by Gasteiger charge is 2.24. The minimum atomic E-state index is -0.450. The smallest absolute Gasteiger partial charge is 0.256 e. The molecule has 1 aliphatic rings. The number of halogens is 1. The van der Waals surface area contributed by atoms with Crippen LogP contribution in [0.15, 0.2) is 24.3 Å². The lowest BCUT2D eigenvalue weighted by Crippen LogP contribution is -2.48. The molecule has 0 spiro atoms. The molecule has 1 aromatic heterocycles. The summed E-state index contributed by atoms with van der Waals surface area (Å²) in [6, 6.07) is 6.17. The number of thiazole rings is 1. The number of aryl methyl sites for hydroxylation is 2. The fourth-order valence-electron chi connectivity index (χ4n) is 2.71. The first-order valence-electron chi connectivity index (χ1n) is 7.73. The van der Waals surface area contributed by atoms with Gasteiger partial charge in [0.1, 0.15) is 10.8 Å². The second kappa shape index (κ2) is 6.76. The lowest BCUT2D eigenvalue weighted by molar-refractivity contribution is 0.0624. The average Bonchev–Trinajstić information content (AvgIpc) is 2.86. The highest BCUT2D eigenvalue weighted by Crippen LogP contribution is 2.19. The van der Waals surface area contributed by atoms with Crippen LogP contribution in [0.5, 0.6) is 0 Å². The van der Waals surface area contributed by atoms with Crippen molar-refractivity contribution < 1.29 is 9.18 Å². The molecular formula is C17H20FN3OS. The van der Waals surface area contributed by atoms with E-state index in [0.29, 0.717) is 13.1 Å². The van der Waals surface area contributed by atoms with E-state index in [-0.39, 0.29) is 11.5 Å². The zero-order valence-corrected chi connectivity index (χ0v) is 14.2. The summed E-state index contributed by atoms with van der Waals surface area (Å²) in [5, 5.41) is 1.12. The van der Waals surface area contributed by atoms with E-state index >= 15 is 0 Å². The van der Waals surface area contributed by atoms with Crippen LogP contribution >= 0.6 is 11.3 Å². The second-order valence-corrected chi connectivity index (χ2v) is 7.09. The topological polar surface area (TPSA) is 36.4 Å². The molecule has 0 atom stereocenters. The fraction of sp³-hybridized carbons (Fsp3) is 0.412. The normalized spacial score (nSPS) is 15.9. The first-order valence-corrected chi connectivity index (χ1v) is 8.55. The molecule has 1 aromatic carbocycles. The molecule has 2 heterocycles. The summed E-state index contributed by atoms with van der Waals surface area (Å²) in [6.07, 6.45) is 0. The van der Waals surface area contributed by atoms with Crippen LogP contribution < -0.4 is 0 Å². The Morgan fingerprint density at radius 1 is 1.22 bits per heavy atom. The van der Waals surface area contributed by atoms with Crippen molar-refractivity contribution >= 4 is 17.2 Å². The van der Waals surface area contributed by atoms with Gasteiger partial charge in [-0.2, -0.15) is 0 Å². The third-order valence-corrected chi connectivity index (χ3v) is 5.25. The number of piperazine rings is 1. The molecule has 0 radical (unpaired) electrons. The maximum absolute atomic E-state index is 13.7. The largest absolute Gasteiger partial charge is 0.336 e. The summed E-state index contributed by atoms with van der Waals surface area (Å²) in [7, 11) is 0. The Morgan fingerprint density at radius 3 is 2.52 bits per heavy atom. The molecule has 4 nitrogen and oxygen atoms in total. The summed E-state index contributed by atoms with van der Waals surface area (Å²) < 4.78 is 13.7. The van der Waals surface area contributed by atoms with E-state index in [1.54, 1.807) is 34.4 Å². The summed E-state index contributed by atoms with van der Waals surface area (Å²) >= 11 is 1.73. The van der Waals surface area contributed by atoms with E-state index in [9.17, 15) is 9.18 Å². The first kappa shape index (κ1) is 16.1. The molecular weight excluding hydrogens is 313 g/mol. The molecule has 2 aromatic rings. The number of aromatic nitrogens is 1. The number of rotatable bonds is 3. The van der Waals surface area contributed by atoms with Crippen molar-refractivity contribution in [3.63, 3.8) is 0 Å². The van der Waals surface area contributed by atoms with Gasteiger partial charge in [-0.1, -0.05) is 12.1 Å². The molecule has 0 bridgehead atoms. The van der Waals surface area contributed by atoms with E-state index in [2.05, 4.69) is 16.8 Å². The van der Waals surface area contributed by atoms with Crippen LogP contribution in [0.1, 0.15) is 25.9 Å². The molecule has 6 heteroatoms. The molecule has 3 rings (SSSR count).